The number of halogens is 3. The van der Waals surface area contributed by atoms with Crippen molar-refractivity contribution < 1.29 is 18.0 Å². The largest absolute Gasteiger partial charge is 0.309 e. The zero-order valence-corrected chi connectivity index (χ0v) is 16.9. The summed E-state index contributed by atoms with van der Waals surface area (Å²) in [6.45, 7) is 5.82. The van der Waals surface area contributed by atoms with Crippen LogP contribution in [0.4, 0.5) is 18.9 Å². The number of rotatable bonds is 6. The molecule has 0 unspecified atom stereocenters. The number of anilines is 1. The van der Waals surface area contributed by atoms with Gasteiger partial charge in [0.25, 0.3) is 0 Å². The number of piperidine rings is 1. The maximum absolute atomic E-state index is 13.9. The van der Waals surface area contributed by atoms with Crippen LogP contribution in [0.3, 0.4) is 0 Å². The predicted octanol–water partition coefficient (Wildman–Crippen LogP) is 5.15. The van der Waals surface area contributed by atoms with Gasteiger partial charge in [-0.1, -0.05) is 19.9 Å². The first-order valence-electron chi connectivity index (χ1n) is 10.1. The number of carbonyl (C=O) groups excluding carboxylic acids is 1. The molecule has 1 saturated heterocycles. The maximum Gasteiger partial charge on any atom is 0.227 e. The second kappa shape index (κ2) is 9.44. The molecule has 0 aliphatic carbocycles. The molecule has 3 nitrogen and oxygen atoms in total. The fraction of sp³-hybridized carbons (Fsp3) is 0.435. The van der Waals surface area contributed by atoms with Gasteiger partial charge in [-0.05, 0) is 49.1 Å². The highest BCUT2D eigenvalue weighted by molar-refractivity contribution is 5.94. The molecular formula is C23H27F3N2O. The van der Waals surface area contributed by atoms with E-state index in [1.54, 1.807) is 17.0 Å². The van der Waals surface area contributed by atoms with Crippen molar-refractivity contribution >= 4 is 11.6 Å². The first kappa shape index (κ1) is 21.4. The molecule has 0 N–H and O–H groups in total. The molecule has 1 aliphatic rings. The lowest BCUT2D eigenvalue weighted by Gasteiger charge is -2.39. The molecule has 0 saturated carbocycles. The van der Waals surface area contributed by atoms with Crippen LogP contribution in [0.5, 0.6) is 0 Å². The lowest BCUT2D eigenvalue weighted by atomic mass is 9.99. The Morgan fingerprint density at radius 2 is 1.66 bits per heavy atom. The Labute approximate surface area is 170 Å². The van der Waals surface area contributed by atoms with Crippen LogP contribution in [0, 0.1) is 23.4 Å². The number of amides is 1. The molecule has 1 aliphatic heterocycles. The van der Waals surface area contributed by atoms with E-state index in [1.807, 2.05) is 13.8 Å². The lowest BCUT2D eigenvalue weighted by molar-refractivity contribution is -0.120. The summed E-state index contributed by atoms with van der Waals surface area (Å²) in [6, 6.07) is 9.71. The van der Waals surface area contributed by atoms with Crippen molar-refractivity contribution in [2.45, 2.75) is 45.7 Å². The van der Waals surface area contributed by atoms with Crippen LogP contribution in [0.25, 0.3) is 0 Å². The van der Waals surface area contributed by atoms with Gasteiger partial charge in [0.15, 0.2) is 0 Å². The van der Waals surface area contributed by atoms with Crippen molar-refractivity contribution in [3.05, 3.63) is 65.5 Å². The lowest BCUT2D eigenvalue weighted by Crippen LogP contribution is -2.47. The van der Waals surface area contributed by atoms with Gasteiger partial charge in [-0.2, -0.15) is 0 Å². The van der Waals surface area contributed by atoms with Gasteiger partial charge in [0, 0.05) is 49.4 Å². The summed E-state index contributed by atoms with van der Waals surface area (Å²) in [6.07, 6.45) is 1.91. The molecule has 0 aromatic heterocycles. The average molecular weight is 404 g/mol. The van der Waals surface area contributed by atoms with Crippen molar-refractivity contribution in [1.29, 1.82) is 0 Å². The van der Waals surface area contributed by atoms with Crippen molar-refractivity contribution in [3.63, 3.8) is 0 Å². The molecule has 1 heterocycles. The van der Waals surface area contributed by atoms with Crippen molar-refractivity contribution in [2.75, 3.05) is 18.0 Å². The fourth-order valence-corrected chi connectivity index (χ4v) is 3.83. The first-order valence-corrected chi connectivity index (χ1v) is 10.1. The highest BCUT2D eigenvalue weighted by Crippen LogP contribution is 2.27. The quantitative estimate of drug-likeness (QED) is 0.665. The van der Waals surface area contributed by atoms with E-state index in [-0.39, 0.29) is 23.7 Å². The highest BCUT2D eigenvalue weighted by Gasteiger charge is 2.29. The Balaban J connectivity index is 1.69. The molecule has 156 valence electrons. The standard InChI is InChI=1S/C23H27F3N2O/c1-16(2)13-23(29)28(20-7-5-18(24)6-8-20)21-9-11-27(12-10-21)15-17-3-4-19(25)14-22(17)26/h3-8,14,16,21H,9-13,15H2,1-2H3. The van der Waals surface area contributed by atoms with Crippen LogP contribution in [0.15, 0.2) is 42.5 Å². The van der Waals surface area contributed by atoms with Gasteiger partial charge in [-0.15, -0.1) is 0 Å². The van der Waals surface area contributed by atoms with Gasteiger partial charge in [0.2, 0.25) is 5.91 Å². The second-order valence-electron chi connectivity index (χ2n) is 8.08. The van der Waals surface area contributed by atoms with Crippen LogP contribution in [-0.2, 0) is 11.3 Å². The molecule has 29 heavy (non-hydrogen) atoms. The van der Waals surface area contributed by atoms with E-state index in [2.05, 4.69) is 4.90 Å². The van der Waals surface area contributed by atoms with Gasteiger partial charge in [0.1, 0.15) is 17.5 Å². The average Bonchev–Trinajstić information content (AvgIpc) is 2.66. The van der Waals surface area contributed by atoms with Gasteiger partial charge >= 0.3 is 0 Å². The van der Waals surface area contributed by atoms with E-state index in [9.17, 15) is 18.0 Å². The van der Waals surface area contributed by atoms with E-state index in [0.717, 1.165) is 18.9 Å². The zero-order chi connectivity index (χ0) is 21.0. The van der Waals surface area contributed by atoms with Crippen LogP contribution in [0.1, 0.15) is 38.7 Å². The summed E-state index contributed by atoms with van der Waals surface area (Å²) in [5.74, 6) is -1.18. The van der Waals surface area contributed by atoms with E-state index < -0.39 is 11.6 Å². The Morgan fingerprint density at radius 3 is 2.24 bits per heavy atom. The molecule has 2 aromatic rings. The van der Waals surface area contributed by atoms with Crippen molar-refractivity contribution in [3.8, 4) is 0 Å². The summed E-state index contributed by atoms with van der Waals surface area (Å²) < 4.78 is 40.4. The molecule has 3 rings (SSSR count). The Morgan fingerprint density at radius 1 is 1.03 bits per heavy atom. The normalized spacial score (nSPS) is 15.7. The summed E-state index contributed by atoms with van der Waals surface area (Å²) >= 11 is 0. The third-order valence-electron chi connectivity index (χ3n) is 5.29. The molecule has 0 spiro atoms. The number of benzene rings is 2. The Kier molecular flexibility index (Phi) is 6.96. The SMILES string of the molecule is CC(C)CC(=O)N(c1ccc(F)cc1)C1CCN(Cc2ccc(F)cc2F)CC1. The van der Waals surface area contributed by atoms with Crippen molar-refractivity contribution in [1.82, 2.24) is 4.90 Å². The molecule has 1 fully saturated rings. The summed E-state index contributed by atoms with van der Waals surface area (Å²) in [5.41, 5.74) is 1.18. The monoisotopic (exact) mass is 404 g/mol. The van der Waals surface area contributed by atoms with Gasteiger partial charge in [0.05, 0.1) is 0 Å². The Bertz CT molecular complexity index is 831. The number of hydrogen-bond acceptors (Lipinski definition) is 2. The fourth-order valence-electron chi connectivity index (χ4n) is 3.83. The van der Waals surface area contributed by atoms with Crippen LogP contribution in [0.2, 0.25) is 0 Å². The molecule has 2 aromatic carbocycles. The van der Waals surface area contributed by atoms with E-state index in [0.29, 0.717) is 37.3 Å². The third-order valence-corrected chi connectivity index (χ3v) is 5.29. The maximum atomic E-state index is 13.9. The molecule has 6 heteroatoms. The molecule has 1 amide bonds. The van der Waals surface area contributed by atoms with E-state index in [1.165, 1.54) is 24.3 Å². The second-order valence-corrected chi connectivity index (χ2v) is 8.08. The third kappa shape index (κ3) is 5.60. The number of hydrogen-bond donors (Lipinski definition) is 0. The molecule has 0 atom stereocenters. The molecule has 0 bridgehead atoms. The summed E-state index contributed by atoms with van der Waals surface area (Å²) in [7, 11) is 0. The zero-order valence-electron chi connectivity index (χ0n) is 16.9. The van der Waals surface area contributed by atoms with Crippen molar-refractivity contribution in [2.24, 2.45) is 5.92 Å². The number of carbonyl (C=O) groups is 1. The first-order chi connectivity index (χ1) is 13.8. The number of nitrogens with zero attached hydrogens (tertiary/aromatic N) is 2. The minimum atomic E-state index is -0.580. The van der Waals surface area contributed by atoms with Gasteiger partial charge in [-0.25, -0.2) is 13.2 Å². The Hall–Kier alpha value is -2.34. The predicted molar refractivity (Wildman–Crippen MR) is 108 cm³/mol. The minimum Gasteiger partial charge on any atom is -0.309 e. The summed E-state index contributed by atoms with van der Waals surface area (Å²) in [5, 5.41) is 0. The van der Waals surface area contributed by atoms with E-state index in [4.69, 9.17) is 0 Å². The summed E-state index contributed by atoms with van der Waals surface area (Å²) in [4.78, 5) is 16.8. The molecule has 0 radical (unpaired) electrons. The minimum absolute atomic E-state index is 0.0148. The van der Waals surface area contributed by atoms with E-state index >= 15 is 0 Å². The van der Waals surface area contributed by atoms with Crippen LogP contribution >= 0.6 is 0 Å². The molecular weight excluding hydrogens is 377 g/mol. The van der Waals surface area contributed by atoms with Gasteiger partial charge in [-0.3, -0.25) is 9.69 Å². The topological polar surface area (TPSA) is 23.6 Å². The van der Waals surface area contributed by atoms with Gasteiger partial charge < -0.3 is 4.90 Å². The number of likely N-dealkylation sites (tertiary alicyclic amines) is 1. The van der Waals surface area contributed by atoms with Crippen LogP contribution in [-0.4, -0.2) is 29.9 Å². The highest BCUT2D eigenvalue weighted by atomic mass is 19.1. The van der Waals surface area contributed by atoms with Crippen LogP contribution < -0.4 is 4.90 Å². The smallest absolute Gasteiger partial charge is 0.227 e.